The number of fused-ring (bicyclic) bond motifs is 1. The number of benzene rings is 2. The van der Waals surface area contributed by atoms with Crippen molar-refractivity contribution in [3.8, 4) is 5.69 Å². The van der Waals surface area contributed by atoms with E-state index in [2.05, 4.69) is 28.0 Å². The zero-order chi connectivity index (χ0) is 23.0. The number of nitrogens with zero attached hydrogens (tertiary/aromatic N) is 4. The summed E-state index contributed by atoms with van der Waals surface area (Å²) in [6.45, 7) is 8.07. The Bertz CT molecular complexity index is 1390. The van der Waals surface area contributed by atoms with Crippen LogP contribution in [0.4, 0.5) is 4.39 Å². The molecule has 0 N–H and O–H groups in total. The number of hydrogen-bond acceptors (Lipinski definition) is 3. The molecule has 0 spiro atoms. The van der Waals surface area contributed by atoms with Crippen LogP contribution in [0.2, 0.25) is 0 Å². The predicted octanol–water partition coefficient (Wildman–Crippen LogP) is 6.10. The lowest BCUT2D eigenvalue weighted by molar-refractivity contribution is 0.613. The number of aryl methyl sites for hydroxylation is 1. The predicted molar refractivity (Wildman–Crippen MR) is 131 cm³/mol. The van der Waals surface area contributed by atoms with Crippen molar-refractivity contribution >= 4 is 33.0 Å². The van der Waals surface area contributed by atoms with Crippen LogP contribution in [0.5, 0.6) is 0 Å². The first-order valence-corrected chi connectivity index (χ1v) is 11.3. The van der Waals surface area contributed by atoms with Crippen LogP contribution in [-0.2, 0) is 0 Å². The van der Waals surface area contributed by atoms with Crippen LogP contribution in [0.15, 0.2) is 62.9 Å². The van der Waals surface area contributed by atoms with E-state index in [0.717, 1.165) is 33.5 Å². The lowest BCUT2D eigenvalue weighted by Gasteiger charge is -2.14. The Morgan fingerprint density at radius 3 is 2.56 bits per heavy atom. The van der Waals surface area contributed by atoms with Gasteiger partial charge in [0.2, 0.25) is 0 Å². The number of hydrogen-bond donors (Lipinski definition) is 0. The number of aromatic nitrogens is 3. The van der Waals surface area contributed by atoms with Gasteiger partial charge in [0.05, 0.1) is 17.1 Å². The van der Waals surface area contributed by atoms with Crippen LogP contribution in [0.25, 0.3) is 16.6 Å². The maximum atomic E-state index is 13.4. The molecule has 1 atom stereocenters. The van der Waals surface area contributed by atoms with Gasteiger partial charge >= 0.3 is 0 Å². The van der Waals surface area contributed by atoms with Gasteiger partial charge in [0.25, 0.3) is 5.56 Å². The molecule has 0 saturated carbocycles. The Hall–Kier alpha value is -3.06. The van der Waals surface area contributed by atoms with Gasteiger partial charge in [0, 0.05) is 33.0 Å². The average molecular weight is 495 g/mol. The molecule has 0 amide bonds. The normalized spacial score (nSPS) is 12.7. The third-order valence-corrected chi connectivity index (χ3v) is 6.25. The highest BCUT2D eigenvalue weighted by molar-refractivity contribution is 9.10. The second-order valence-corrected chi connectivity index (χ2v) is 8.86. The Morgan fingerprint density at radius 2 is 1.88 bits per heavy atom. The molecule has 0 aliphatic rings. The third-order valence-electron chi connectivity index (χ3n) is 5.75. The molecule has 2 heterocycles. The summed E-state index contributed by atoms with van der Waals surface area (Å²) in [4.78, 5) is 18.1. The molecule has 0 bridgehead atoms. The van der Waals surface area contributed by atoms with E-state index in [9.17, 15) is 9.18 Å². The first kappa shape index (κ1) is 22.1. The fourth-order valence-electron chi connectivity index (χ4n) is 3.80. The van der Waals surface area contributed by atoms with Crippen LogP contribution in [0, 0.1) is 19.7 Å². The summed E-state index contributed by atoms with van der Waals surface area (Å²) in [5.74, 6) is 0.431. The molecule has 0 fully saturated rings. The third kappa shape index (κ3) is 4.05. The summed E-state index contributed by atoms with van der Waals surface area (Å²) in [6, 6.07) is 13.9. The van der Waals surface area contributed by atoms with Crippen molar-refractivity contribution in [2.45, 2.75) is 40.0 Å². The molecule has 7 heteroatoms. The average Bonchev–Trinajstić information content (AvgIpc) is 3.06. The van der Waals surface area contributed by atoms with Gasteiger partial charge in [0.15, 0.2) is 0 Å². The fourth-order valence-corrected chi connectivity index (χ4v) is 4.17. The second-order valence-electron chi connectivity index (χ2n) is 7.94. The summed E-state index contributed by atoms with van der Waals surface area (Å²) < 4.78 is 17.6. The van der Waals surface area contributed by atoms with Crippen LogP contribution >= 0.6 is 15.9 Å². The SMILES string of the molecule is CC[C@H](C)c1nc2ccc(Br)cc2c(=O)n1N=Cc1cc(C)n(-c2ccc(F)cc2)c1C. The van der Waals surface area contributed by atoms with Crippen molar-refractivity contribution in [1.29, 1.82) is 0 Å². The molecule has 32 heavy (non-hydrogen) atoms. The lowest BCUT2D eigenvalue weighted by atomic mass is 10.1. The Morgan fingerprint density at radius 1 is 1.16 bits per heavy atom. The molecule has 4 rings (SSSR count). The lowest BCUT2D eigenvalue weighted by Crippen LogP contribution is -2.23. The highest BCUT2D eigenvalue weighted by atomic mass is 79.9. The van der Waals surface area contributed by atoms with E-state index in [1.807, 2.05) is 43.5 Å². The van der Waals surface area contributed by atoms with Gasteiger partial charge in [-0.2, -0.15) is 9.78 Å². The minimum Gasteiger partial charge on any atom is -0.318 e. The minimum atomic E-state index is -0.273. The molecule has 0 radical (unpaired) electrons. The maximum Gasteiger partial charge on any atom is 0.282 e. The number of rotatable bonds is 5. The molecule has 2 aromatic heterocycles. The van der Waals surface area contributed by atoms with Crippen LogP contribution < -0.4 is 5.56 Å². The van der Waals surface area contributed by atoms with Gasteiger partial charge in [0.1, 0.15) is 11.6 Å². The summed E-state index contributed by atoms with van der Waals surface area (Å²) in [5.41, 5.74) is 4.15. The molecular formula is C25H24BrFN4O. The van der Waals surface area contributed by atoms with E-state index in [4.69, 9.17) is 4.98 Å². The minimum absolute atomic E-state index is 0.0690. The molecule has 0 aliphatic carbocycles. The van der Waals surface area contributed by atoms with E-state index < -0.39 is 0 Å². The Kier molecular flexibility index (Phi) is 6.11. The van der Waals surface area contributed by atoms with Crippen LogP contribution in [0.3, 0.4) is 0 Å². The molecule has 2 aromatic carbocycles. The number of halogens is 2. The van der Waals surface area contributed by atoms with Gasteiger partial charge in [-0.05, 0) is 68.8 Å². The van der Waals surface area contributed by atoms with E-state index in [-0.39, 0.29) is 17.3 Å². The molecule has 164 valence electrons. The topological polar surface area (TPSA) is 52.2 Å². The van der Waals surface area contributed by atoms with Gasteiger partial charge in [-0.25, -0.2) is 9.37 Å². The van der Waals surface area contributed by atoms with Gasteiger partial charge < -0.3 is 4.57 Å². The first-order chi connectivity index (χ1) is 15.3. The Balaban J connectivity index is 1.84. The highest BCUT2D eigenvalue weighted by Crippen LogP contribution is 2.22. The van der Waals surface area contributed by atoms with Crippen molar-refractivity contribution in [2.24, 2.45) is 5.10 Å². The smallest absolute Gasteiger partial charge is 0.282 e. The van der Waals surface area contributed by atoms with Gasteiger partial charge in [-0.15, -0.1) is 0 Å². The zero-order valence-corrected chi connectivity index (χ0v) is 20.0. The molecular weight excluding hydrogens is 471 g/mol. The van der Waals surface area contributed by atoms with E-state index in [0.29, 0.717) is 16.7 Å². The zero-order valence-electron chi connectivity index (χ0n) is 18.4. The second kappa shape index (κ2) is 8.82. The van der Waals surface area contributed by atoms with E-state index >= 15 is 0 Å². The molecule has 5 nitrogen and oxygen atoms in total. The first-order valence-electron chi connectivity index (χ1n) is 10.5. The van der Waals surface area contributed by atoms with Gasteiger partial charge in [-0.1, -0.05) is 29.8 Å². The molecule has 0 aliphatic heterocycles. The van der Waals surface area contributed by atoms with Crippen molar-refractivity contribution in [3.05, 3.63) is 92.0 Å². The van der Waals surface area contributed by atoms with E-state index in [1.165, 1.54) is 16.8 Å². The largest absolute Gasteiger partial charge is 0.318 e. The molecule has 0 unspecified atom stereocenters. The fraction of sp³-hybridized carbons (Fsp3) is 0.240. The summed E-state index contributed by atoms with van der Waals surface area (Å²) >= 11 is 3.43. The summed E-state index contributed by atoms with van der Waals surface area (Å²) in [6.07, 6.45) is 2.53. The maximum absolute atomic E-state index is 13.4. The monoisotopic (exact) mass is 494 g/mol. The van der Waals surface area contributed by atoms with E-state index in [1.54, 1.807) is 24.4 Å². The highest BCUT2D eigenvalue weighted by Gasteiger charge is 2.16. The quantitative estimate of drug-likeness (QED) is 0.314. The van der Waals surface area contributed by atoms with Crippen molar-refractivity contribution < 1.29 is 4.39 Å². The standard InChI is InChI=1S/C25H24BrFN4O/c1-5-15(2)24-29-23-11-6-19(26)13-22(23)25(32)31(24)28-14-18-12-16(3)30(17(18)4)21-9-7-20(27)8-10-21/h6-15H,5H2,1-4H3/t15-/m0/s1. The van der Waals surface area contributed by atoms with Crippen molar-refractivity contribution in [3.63, 3.8) is 0 Å². The Labute approximate surface area is 194 Å². The summed E-state index contributed by atoms with van der Waals surface area (Å²) in [7, 11) is 0. The summed E-state index contributed by atoms with van der Waals surface area (Å²) in [5, 5.41) is 5.09. The molecule has 4 aromatic rings. The van der Waals surface area contributed by atoms with Crippen molar-refractivity contribution in [2.75, 3.05) is 0 Å². The van der Waals surface area contributed by atoms with Gasteiger partial charge in [-0.3, -0.25) is 4.79 Å². The van der Waals surface area contributed by atoms with Crippen molar-refractivity contribution in [1.82, 2.24) is 14.2 Å². The van der Waals surface area contributed by atoms with Crippen LogP contribution in [-0.4, -0.2) is 20.4 Å². The molecule has 0 saturated heterocycles. The van der Waals surface area contributed by atoms with Crippen LogP contribution in [0.1, 0.15) is 49.0 Å².